The van der Waals surface area contributed by atoms with E-state index in [1.54, 1.807) is 5.80 Å². The van der Waals surface area contributed by atoms with E-state index in [1.165, 1.54) is 7.05 Å². The van der Waals surface area contributed by atoms with Crippen LogP contribution in [0, 0.1) is 10.8 Å². The van der Waals surface area contributed by atoms with Gasteiger partial charge in [0.1, 0.15) is 18.6 Å². The van der Waals surface area contributed by atoms with E-state index in [1.807, 2.05) is 54.6 Å². The molecule has 0 aliphatic rings. The molecule has 6 nitrogen and oxygen atoms in total. The van der Waals surface area contributed by atoms with Crippen molar-refractivity contribution >= 4 is 20.5 Å². The summed E-state index contributed by atoms with van der Waals surface area (Å²) < 4.78 is 5.80. The standard InChI is InChI=1S/C22H28NO3P.CH3NO/c1-17(2)12-21(16-27-25)23-20(14-24)13-18-8-10-22(11-9-18)26-15-19-6-4-3-5-7-19;1-2-3/h3-11,14,16-17,20-21,23,25H,12-13,15H2,1-2H3;1H3. The Hall–Kier alpha value is -2.40. The van der Waals surface area contributed by atoms with Gasteiger partial charge in [-0.2, -0.15) is 4.91 Å². The molecular formula is C23H31N2O4P. The third-order valence-electron chi connectivity index (χ3n) is 4.19. The Morgan fingerprint density at radius 3 is 2.23 bits per heavy atom. The third-order valence-corrected chi connectivity index (χ3v) is 4.68. The van der Waals surface area contributed by atoms with E-state index in [4.69, 9.17) is 14.5 Å². The van der Waals surface area contributed by atoms with Gasteiger partial charge < -0.3 is 19.7 Å². The number of nitrogens with zero attached hydrogens (tertiary/aromatic N) is 1. The zero-order valence-electron chi connectivity index (χ0n) is 17.8. The lowest BCUT2D eigenvalue weighted by Crippen LogP contribution is -2.42. The number of nitrogens with one attached hydrogen (secondary N) is 1. The molecule has 0 aromatic heterocycles. The number of hydrogen-bond acceptors (Lipinski definition) is 6. The zero-order chi connectivity index (χ0) is 22.2. The van der Waals surface area contributed by atoms with Crippen molar-refractivity contribution < 1.29 is 14.4 Å². The lowest BCUT2D eigenvalue weighted by molar-refractivity contribution is -0.109. The van der Waals surface area contributed by atoms with Crippen LogP contribution in [0.5, 0.6) is 5.75 Å². The van der Waals surface area contributed by atoms with Crippen LogP contribution in [-0.2, 0) is 17.8 Å². The predicted molar refractivity (Wildman–Crippen MR) is 124 cm³/mol. The van der Waals surface area contributed by atoms with Gasteiger partial charge in [0.05, 0.1) is 13.1 Å². The van der Waals surface area contributed by atoms with Crippen LogP contribution < -0.4 is 10.1 Å². The van der Waals surface area contributed by atoms with Gasteiger partial charge >= 0.3 is 0 Å². The Labute approximate surface area is 180 Å². The van der Waals surface area contributed by atoms with Crippen LogP contribution in [0.1, 0.15) is 31.4 Å². The van der Waals surface area contributed by atoms with E-state index < -0.39 is 0 Å². The molecule has 0 amide bonds. The summed E-state index contributed by atoms with van der Waals surface area (Å²) >= 11 is 0. The summed E-state index contributed by atoms with van der Waals surface area (Å²) in [5.41, 5.74) is 2.19. The molecule has 2 aromatic rings. The average Bonchev–Trinajstić information content (AvgIpc) is 2.74. The molecule has 0 bridgehead atoms. The second kappa shape index (κ2) is 15.4. The van der Waals surface area contributed by atoms with Crippen LogP contribution in [0.25, 0.3) is 0 Å². The number of carbonyl (C=O) groups excluding carboxylic acids is 1. The highest BCUT2D eigenvalue weighted by atomic mass is 31.1. The smallest absolute Gasteiger partial charge is 0.137 e. The highest BCUT2D eigenvalue weighted by Gasteiger charge is 2.15. The summed E-state index contributed by atoms with van der Waals surface area (Å²) in [5.74, 6) is 3.08. The normalized spacial score (nSPS) is 12.7. The molecular weight excluding hydrogens is 399 g/mol. The topological polar surface area (TPSA) is 88.0 Å². The Morgan fingerprint density at radius 2 is 1.70 bits per heavy atom. The van der Waals surface area contributed by atoms with E-state index in [2.05, 4.69) is 24.3 Å². The van der Waals surface area contributed by atoms with E-state index in [-0.39, 0.29) is 20.5 Å². The first-order valence-electron chi connectivity index (χ1n) is 9.88. The number of carbonyl (C=O) groups is 1. The van der Waals surface area contributed by atoms with Crippen LogP contribution in [0.3, 0.4) is 0 Å². The maximum Gasteiger partial charge on any atom is 0.137 e. The fourth-order valence-electron chi connectivity index (χ4n) is 2.90. The van der Waals surface area contributed by atoms with Gasteiger partial charge in [0.15, 0.2) is 0 Å². The fraction of sp³-hybridized carbons (Fsp3) is 0.391. The highest BCUT2D eigenvalue weighted by Crippen LogP contribution is 2.16. The molecule has 0 spiro atoms. The summed E-state index contributed by atoms with van der Waals surface area (Å²) in [4.78, 5) is 29.2. The van der Waals surface area contributed by atoms with Gasteiger partial charge in [-0.25, -0.2) is 0 Å². The van der Waals surface area contributed by atoms with E-state index in [9.17, 15) is 4.79 Å². The second-order valence-corrected chi connectivity index (χ2v) is 7.74. The Bertz CT molecular complexity index is 752. The highest BCUT2D eigenvalue weighted by molar-refractivity contribution is 7.32. The second-order valence-electron chi connectivity index (χ2n) is 7.21. The van der Waals surface area contributed by atoms with Crippen molar-refractivity contribution in [1.29, 1.82) is 0 Å². The van der Waals surface area contributed by atoms with Gasteiger partial charge in [-0.3, -0.25) is 0 Å². The van der Waals surface area contributed by atoms with Gasteiger partial charge in [0.25, 0.3) is 0 Å². The van der Waals surface area contributed by atoms with E-state index in [0.29, 0.717) is 18.9 Å². The minimum Gasteiger partial charge on any atom is -0.489 e. The van der Waals surface area contributed by atoms with Gasteiger partial charge in [0.2, 0.25) is 0 Å². The quantitative estimate of drug-likeness (QED) is 0.313. The summed E-state index contributed by atoms with van der Waals surface area (Å²) in [6.07, 6.45) is 2.42. The molecule has 0 heterocycles. The predicted octanol–water partition coefficient (Wildman–Crippen LogP) is 4.42. The van der Waals surface area contributed by atoms with Gasteiger partial charge in [-0.15, -0.1) is 0 Å². The molecule has 0 aliphatic heterocycles. The number of aldehydes is 1. The lowest BCUT2D eigenvalue weighted by atomic mass is 10.0. The molecule has 2 atom stereocenters. The fourth-order valence-corrected chi connectivity index (χ4v) is 3.27. The molecule has 0 radical (unpaired) electrons. The Balaban J connectivity index is 0.00000141. The number of hydrogen-bond donors (Lipinski definition) is 2. The Morgan fingerprint density at radius 1 is 1.07 bits per heavy atom. The first kappa shape index (κ1) is 25.6. The minimum atomic E-state index is -0.289. The first-order chi connectivity index (χ1) is 14.5. The molecule has 30 heavy (non-hydrogen) atoms. The molecule has 2 N–H and O–H groups in total. The molecule has 7 heteroatoms. The summed E-state index contributed by atoms with van der Waals surface area (Å²) in [6.45, 7) is 4.79. The van der Waals surface area contributed by atoms with Crippen LogP contribution >= 0.6 is 8.43 Å². The number of benzene rings is 2. The number of rotatable bonds is 11. The molecule has 0 fully saturated rings. The van der Waals surface area contributed by atoms with Crippen molar-refractivity contribution in [1.82, 2.24) is 5.32 Å². The maximum absolute atomic E-state index is 11.5. The maximum atomic E-state index is 11.5. The lowest BCUT2D eigenvalue weighted by Gasteiger charge is -2.21. The summed E-state index contributed by atoms with van der Waals surface area (Å²) in [5, 5.41) is 5.57. The van der Waals surface area contributed by atoms with Crippen molar-refractivity contribution in [3.8, 4) is 5.75 Å². The summed E-state index contributed by atoms with van der Waals surface area (Å²) in [6, 6.07) is 17.6. The van der Waals surface area contributed by atoms with Crippen LogP contribution in [-0.4, -0.2) is 36.1 Å². The van der Waals surface area contributed by atoms with Crippen LogP contribution in [0.15, 0.2) is 59.8 Å². The zero-order valence-corrected chi connectivity index (χ0v) is 18.7. The number of ether oxygens (including phenoxy) is 1. The molecule has 0 saturated heterocycles. The molecule has 0 aliphatic carbocycles. The van der Waals surface area contributed by atoms with Crippen LogP contribution in [0.2, 0.25) is 0 Å². The first-order valence-corrected chi connectivity index (χ1v) is 10.8. The molecule has 0 saturated carbocycles. The average molecular weight is 430 g/mol. The van der Waals surface area contributed by atoms with Crippen molar-refractivity contribution in [2.45, 2.75) is 45.4 Å². The SMILES string of the molecule is CC(C)CC(C=PO)NC(C=O)Cc1ccc(OCc2ccccc2)cc1.CN=O. The largest absolute Gasteiger partial charge is 0.489 e. The minimum absolute atomic E-state index is 0.0142. The monoisotopic (exact) mass is 430 g/mol. The van der Waals surface area contributed by atoms with Gasteiger partial charge in [0, 0.05) is 14.5 Å². The van der Waals surface area contributed by atoms with Crippen LogP contribution in [0.4, 0.5) is 0 Å². The Kier molecular flexibility index (Phi) is 13.2. The van der Waals surface area contributed by atoms with Gasteiger partial charge in [-0.1, -0.05) is 61.5 Å². The third kappa shape index (κ3) is 11.0. The molecule has 2 rings (SSSR count). The number of nitroso groups, excluding NO2 is 1. The van der Waals surface area contributed by atoms with E-state index in [0.717, 1.165) is 29.6 Å². The summed E-state index contributed by atoms with van der Waals surface area (Å²) in [7, 11) is 1.43. The molecule has 2 unspecified atom stereocenters. The van der Waals surface area contributed by atoms with E-state index >= 15 is 0 Å². The van der Waals surface area contributed by atoms with Crippen molar-refractivity contribution in [2.24, 2.45) is 11.1 Å². The van der Waals surface area contributed by atoms with Gasteiger partial charge in [-0.05, 0) is 47.8 Å². The molecule has 2 aromatic carbocycles. The van der Waals surface area contributed by atoms with Crippen molar-refractivity contribution in [3.63, 3.8) is 0 Å². The van der Waals surface area contributed by atoms with Crippen molar-refractivity contribution in [3.05, 3.63) is 70.6 Å². The van der Waals surface area contributed by atoms with Crippen molar-refractivity contribution in [2.75, 3.05) is 7.05 Å². The molecule has 162 valence electrons.